The number of nitrogens with one attached hydrogen (secondary N) is 1. The lowest BCUT2D eigenvalue weighted by atomic mass is 10.3. The van der Waals surface area contributed by atoms with Gasteiger partial charge < -0.3 is 19.9 Å². The molecule has 0 spiro atoms. The van der Waals surface area contributed by atoms with Crippen LogP contribution in [0.25, 0.3) is 0 Å². The Hall–Kier alpha value is -1.31. The number of sulfone groups is 1. The van der Waals surface area contributed by atoms with Crippen LogP contribution in [-0.2, 0) is 9.84 Å². The minimum absolute atomic E-state index is 0.0407. The normalized spacial score (nSPS) is 14.5. The Morgan fingerprint density at radius 1 is 1.24 bits per heavy atom. The third kappa shape index (κ3) is 7.89. The molecule has 2 atom stereocenters. The quantitative estimate of drug-likeness (QED) is 0.688. The monoisotopic (exact) mass is 317 g/mol. The number of benzene rings is 1. The molecule has 0 heterocycles. The predicted molar refractivity (Wildman–Crippen MR) is 81.7 cm³/mol. The summed E-state index contributed by atoms with van der Waals surface area (Å²) >= 11 is 0. The van der Waals surface area contributed by atoms with Crippen LogP contribution in [0.3, 0.4) is 0 Å². The van der Waals surface area contributed by atoms with Crippen LogP contribution in [-0.4, -0.2) is 57.9 Å². The first kappa shape index (κ1) is 17.7. The van der Waals surface area contributed by atoms with Crippen LogP contribution < -0.4 is 14.8 Å². The molecular weight excluding hydrogens is 294 g/mol. The van der Waals surface area contributed by atoms with Gasteiger partial charge in [0.1, 0.15) is 34.0 Å². The van der Waals surface area contributed by atoms with E-state index in [1.54, 1.807) is 38.3 Å². The molecule has 21 heavy (non-hydrogen) atoms. The summed E-state index contributed by atoms with van der Waals surface area (Å²) in [4.78, 5) is 0. The summed E-state index contributed by atoms with van der Waals surface area (Å²) in [5.41, 5.74) is 0. The summed E-state index contributed by atoms with van der Waals surface area (Å²) in [6.07, 6.45) is 0.475. The first-order valence-electron chi connectivity index (χ1n) is 6.66. The van der Waals surface area contributed by atoms with Gasteiger partial charge in [-0.15, -0.1) is 0 Å². The van der Waals surface area contributed by atoms with Crippen molar-refractivity contribution in [2.24, 2.45) is 0 Å². The Bertz CT molecular complexity index is 515. The Kier molecular flexibility index (Phi) is 6.94. The van der Waals surface area contributed by atoms with Gasteiger partial charge in [-0.2, -0.15) is 0 Å². The number of rotatable bonds is 9. The van der Waals surface area contributed by atoms with Crippen molar-refractivity contribution in [2.45, 2.75) is 19.1 Å². The summed E-state index contributed by atoms with van der Waals surface area (Å²) in [5.74, 6) is 1.41. The van der Waals surface area contributed by atoms with Crippen molar-refractivity contribution in [3.8, 4) is 11.5 Å². The van der Waals surface area contributed by atoms with E-state index >= 15 is 0 Å². The van der Waals surface area contributed by atoms with Crippen molar-refractivity contribution in [3.63, 3.8) is 0 Å². The molecule has 0 radical (unpaired) electrons. The highest BCUT2D eigenvalue weighted by molar-refractivity contribution is 7.90. The van der Waals surface area contributed by atoms with E-state index in [1.807, 2.05) is 0 Å². The molecule has 0 aliphatic heterocycles. The number of hydrogen-bond donors (Lipinski definition) is 2. The molecule has 0 aliphatic carbocycles. The average Bonchev–Trinajstić information content (AvgIpc) is 2.41. The number of aliphatic hydroxyl groups is 1. The lowest BCUT2D eigenvalue weighted by Crippen LogP contribution is -2.39. The Morgan fingerprint density at radius 3 is 2.33 bits per heavy atom. The molecule has 0 bridgehead atoms. The van der Waals surface area contributed by atoms with E-state index in [1.165, 1.54) is 6.26 Å². The zero-order valence-electron chi connectivity index (χ0n) is 12.6. The summed E-state index contributed by atoms with van der Waals surface area (Å²) < 4.78 is 32.7. The largest absolute Gasteiger partial charge is 0.497 e. The SMILES string of the molecule is COc1ccc(OCC(O)CNC(C)CS(C)(=O)=O)cc1. The first-order valence-corrected chi connectivity index (χ1v) is 8.72. The maximum absolute atomic E-state index is 11.1. The second-order valence-electron chi connectivity index (χ2n) is 5.04. The first-order chi connectivity index (χ1) is 9.80. The van der Waals surface area contributed by atoms with Gasteiger partial charge >= 0.3 is 0 Å². The molecule has 1 aromatic rings. The number of methoxy groups -OCH3 is 1. The van der Waals surface area contributed by atoms with E-state index in [4.69, 9.17) is 9.47 Å². The highest BCUT2D eigenvalue weighted by Crippen LogP contribution is 2.16. The van der Waals surface area contributed by atoms with Gasteiger partial charge in [-0.25, -0.2) is 8.42 Å². The highest BCUT2D eigenvalue weighted by Gasteiger charge is 2.12. The van der Waals surface area contributed by atoms with Gasteiger partial charge in [0.05, 0.1) is 12.9 Å². The van der Waals surface area contributed by atoms with E-state index in [0.29, 0.717) is 5.75 Å². The zero-order valence-corrected chi connectivity index (χ0v) is 13.4. The van der Waals surface area contributed by atoms with Gasteiger partial charge in [-0.3, -0.25) is 0 Å². The minimum atomic E-state index is -3.02. The van der Waals surface area contributed by atoms with Crippen LogP contribution in [0.1, 0.15) is 6.92 Å². The summed E-state index contributed by atoms with van der Waals surface area (Å²) in [6, 6.07) is 6.84. The fourth-order valence-electron chi connectivity index (χ4n) is 1.77. The molecule has 0 amide bonds. The van der Waals surface area contributed by atoms with Crippen LogP contribution in [0.15, 0.2) is 24.3 Å². The van der Waals surface area contributed by atoms with Crippen molar-refractivity contribution in [1.29, 1.82) is 0 Å². The fourth-order valence-corrected chi connectivity index (χ4v) is 2.80. The third-order valence-corrected chi connectivity index (χ3v) is 3.86. The second kappa shape index (κ2) is 8.21. The highest BCUT2D eigenvalue weighted by atomic mass is 32.2. The summed E-state index contributed by atoms with van der Waals surface area (Å²) in [7, 11) is -1.43. The van der Waals surface area contributed by atoms with E-state index in [9.17, 15) is 13.5 Å². The smallest absolute Gasteiger partial charge is 0.148 e. The molecular formula is C14H23NO5S. The van der Waals surface area contributed by atoms with Crippen LogP contribution in [0, 0.1) is 0 Å². The summed E-state index contributed by atoms with van der Waals surface area (Å²) in [6.45, 7) is 2.16. The molecule has 7 heteroatoms. The maximum atomic E-state index is 11.1. The molecule has 0 saturated carbocycles. The molecule has 0 fully saturated rings. The van der Waals surface area contributed by atoms with Crippen LogP contribution in [0.4, 0.5) is 0 Å². The van der Waals surface area contributed by atoms with Gasteiger partial charge in [-0.05, 0) is 31.2 Å². The lowest BCUT2D eigenvalue weighted by Gasteiger charge is -2.17. The van der Waals surface area contributed by atoms with Crippen LogP contribution in [0.2, 0.25) is 0 Å². The van der Waals surface area contributed by atoms with Crippen molar-refractivity contribution < 1.29 is 23.0 Å². The molecule has 1 rings (SSSR count). The molecule has 6 nitrogen and oxygen atoms in total. The van der Waals surface area contributed by atoms with Crippen molar-refractivity contribution in [3.05, 3.63) is 24.3 Å². The molecule has 0 saturated heterocycles. The van der Waals surface area contributed by atoms with Crippen molar-refractivity contribution >= 4 is 9.84 Å². The number of ether oxygens (including phenoxy) is 2. The average molecular weight is 317 g/mol. The van der Waals surface area contributed by atoms with E-state index in [2.05, 4.69) is 5.32 Å². The lowest BCUT2D eigenvalue weighted by molar-refractivity contribution is 0.104. The van der Waals surface area contributed by atoms with Crippen LogP contribution >= 0.6 is 0 Å². The van der Waals surface area contributed by atoms with Crippen LogP contribution in [0.5, 0.6) is 11.5 Å². The molecule has 2 unspecified atom stereocenters. The maximum Gasteiger partial charge on any atom is 0.148 e. The molecule has 1 aromatic carbocycles. The Labute approximate surface area is 126 Å². The standard InChI is InChI=1S/C14H23NO5S/c1-11(10-21(3,17)18)15-8-12(16)9-20-14-6-4-13(19-2)5-7-14/h4-7,11-12,15-16H,8-10H2,1-3H3. The number of aliphatic hydroxyl groups excluding tert-OH is 1. The van der Waals surface area contributed by atoms with E-state index < -0.39 is 15.9 Å². The fraction of sp³-hybridized carbons (Fsp3) is 0.571. The van der Waals surface area contributed by atoms with E-state index in [-0.39, 0.29) is 24.9 Å². The molecule has 0 aromatic heterocycles. The molecule has 120 valence electrons. The van der Waals surface area contributed by atoms with Gasteiger partial charge in [-0.1, -0.05) is 0 Å². The predicted octanol–water partition coefficient (Wildman–Crippen LogP) is 0.458. The van der Waals surface area contributed by atoms with Gasteiger partial charge in [0.25, 0.3) is 0 Å². The molecule has 0 aliphatic rings. The van der Waals surface area contributed by atoms with Crippen molar-refractivity contribution in [2.75, 3.05) is 32.3 Å². The van der Waals surface area contributed by atoms with E-state index in [0.717, 1.165) is 5.75 Å². The number of hydrogen-bond acceptors (Lipinski definition) is 6. The molecule has 2 N–H and O–H groups in total. The van der Waals surface area contributed by atoms with Gasteiger partial charge in [0, 0.05) is 18.8 Å². The Balaban J connectivity index is 2.28. The summed E-state index contributed by atoms with van der Waals surface area (Å²) in [5, 5.41) is 12.8. The second-order valence-corrected chi connectivity index (χ2v) is 7.23. The zero-order chi connectivity index (χ0) is 15.9. The Morgan fingerprint density at radius 2 is 1.81 bits per heavy atom. The minimum Gasteiger partial charge on any atom is -0.497 e. The van der Waals surface area contributed by atoms with Gasteiger partial charge in [0.15, 0.2) is 0 Å². The van der Waals surface area contributed by atoms with Gasteiger partial charge in [0.2, 0.25) is 0 Å². The van der Waals surface area contributed by atoms with Crippen molar-refractivity contribution in [1.82, 2.24) is 5.32 Å². The third-order valence-electron chi connectivity index (χ3n) is 2.76. The topological polar surface area (TPSA) is 84.9 Å².